The SMILES string of the molecule is C=c1c(=C)c2cc(C)ccc2c2ccccc12. The number of hydrogen-bond acceptors (Lipinski definition) is 0. The molecule has 0 bridgehead atoms. The van der Waals surface area contributed by atoms with Crippen molar-refractivity contribution >= 4 is 34.7 Å². The molecule has 0 saturated heterocycles. The highest BCUT2D eigenvalue weighted by Gasteiger charge is 2.03. The second-order valence-corrected chi connectivity index (χ2v) is 4.55. The van der Waals surface area contributed by atoms with Crippen molar-refractivity contribution in [2.24, 2.45) is 0 Å². The lowest BCUT2D eigenvalue weighted by Gasteiger charge is -2.06. The molecule has 0 aliphatic heterocycles. The molecule has 0 nitrogen and oxygen atoms in total. The van der Waals surface area contributed by atoms with Gasteiger partial charge in [-0.1, -0.05) is 61.2 Å². The predicted octanol–water partition coefficient (Wildman–Crippen LogP) is 3.12. The van der Waals surface area contributed by atoms with Gasteiger partial charge in [0.25, 0.3) is 0 Å². The molecule has 0 atom stereocenters. The molecule has 0 N–H and O–H groups in total. The zero-order valence-corrected chi connectivity index (χ0v) is 9.96. The van der Waals surface area contributed by atoms with Crippen LogP contribution in [0.5, 0.6) is 0 Å². The van der Waals surface area contributed by atoms with Crippen molar-refractivity contribution in [3.63, 3.8) is 0 Å². The van der Waals surface area contributed by atoms with Crippen molar-refractivity contribution in [2.45, 2.75) is 6.92 Å². The molecule has 0 amide bonds. The lowest BCUT2D eigenvalue weighted by molar-refractivity contribution is 1.50. The van der Waals surface area contributed by atoms with E-state index in [-0.39, 0.29) is 0 Å². The van der Waals surface area contributed by atoms with E-state index in [1.54, 1.807) is 0 Å². The molecule has 0 radical (unpaired) electrons. The number of benzene rings is 3. The van der Waals surface area contributed by atoms with Gasteiger partial charge in [0.1, 0.15) is 0 Å². The first kappa shape index (κ1) is 10.1. The van der Waals surface area contributed by atoms with Crippen LogP contribution in [0.2, 0.25) is 0 Å². The molecule has 0 spiro atoms. The predicted molar refractivity (Wildman–Crippen MR) is 76.5 cm³/mol. The normalized spacial score (nSPS) is 11.1. The number of aryl methyl sites for hydroxylation is 1. The fourth-order valence-corrected chi connectivity index (χ4v) is 2.45. The quantitative estimate of drug-likeness (QED) is 0.509. The fraction of sp³-hybridized carbons (Fsp3) is 0.0588. The molecule has 0 aliphatic rings. The van der Waals surface area contributed by atoms with Crippen molar-refractivity contribution in [2.75, 3.05) is 0 Å². The molecule has 0 aliphatic carbocycles. The van der Waals surface area contributed by atoms with Gasteiger partial charge >= 0.3 is 0 Å². The van der Waals surface area contributed by atoms with Gasteiger partial charge in [0.15, 0.2) is 0 Å². The van der Waals surface area contributed by atoms with Crippen LogP contribution in [-0.4, -0.2) is 0 Å². The zero-order chi connectivity index (χ0) is 12.0. The first-order valence-corrected chi connectivity index (χ1v) is 5.77. The minimum absolute atomic E-state index is 1.04. The first-order valence-electron chi connectivity index (χ1n) is 5.77. The van der Waals surface area contributed by atoms with Gasteiger partial charge in [-0.25, -0.2) is 0 Å². The van der Waals surface area contributed by atoms with E-state index in [2.05, 4.69) is 62.5 Å². The summed E-state index contributed by atoms with van der Waals surface area (Å²) in [5.41, 5.74) is 1.26. The van der Waals surface area contributed by atoms with Crippen LogP contribution in [0, 0.1) is 6.92 Å². The van der Waals surface area contributed by atoms with Gasteiger partial charge in [-0.15, -0.1) is 0 Å². The Morgan fingerprint density at radius 1 is 0.706 bits per heavy atom. The summed E-state index contributed by atoms with van der Waals surface area (Å²) in [6.45, 7) is 10.5. The average molecular weight is 218 g/mol. The standard InChI is InChI=1S/C17H14/c1-11-8-9-16-15-7-5-4-6-14(15)12(2)13(3)17(16)10-11/h4-10H,2-3H2,1H3. The Balaban J connectivity index is 2.75. The van der Waals surface area contributed by atoms with Gasteiger partial charge in [-0.2, -0.15) is 0 Å². The summed E-state index contributed by atoms with van der Waals surface area (Å²) in [5.74, 6) is 0. The van der Waals surface area contributed by atoms with Gasteiger partial charge in [-0.05, 0) is 38.9 Å². The van der Waals surface area contributed by atoms with Crippen molar-refractivity contribution in [1.82, 2.24) is 0 Å². The third-order valence-electron chi connectivity index (χ3n) is 3.41. The Hall–Kier alpha value is -2.08. The van der Waals surface area contributed by atoms with Crippen LogP contribution in [0.15, 0.2) is 42.5 Å². The minimum Gasteiger partial charge on any atom is -0.0905 e. The molecule has 82 valence electrons. The third kappa shape index (κ3) is 1.38. The Kier molecular flexibility index (Phi) is 2.05. The van der Waals surface area contributed by atoms with E-state index in [1.165, 1.54) is 27.1 Å². The highest BCUT2D eigenvalue weighted by Crippen LogP contribution is 2.20. The van der Waals surface area contributed by atoms with Gasteiger partial charge in [-0.3, -0.25) is 0 Å². The molecule has 3 aromatic rings. The van der Waals surface area contributed by atoms with E-state index < -0.39 is 0 Å². The second-order valence-electron chi connectivity index (χ2n) is 4.55. The van der Waals surface area contributed by atoms with Crippen LogP contribution in [0.4, 0.5) is 0 Å². The van der Waals surface area contributed by atoms with E-state index in [4.69, 9.17) is 0 Å². The number of rotatable bonds is 0. The Morgan fingerprint density at radius 3 is 2.06 bits per heavy atom. The van der Waals surface area contributed by atoms with Gasteiger partial charge in [0, 0.05) is 0 Å². The molecule has 0 fully saturated rings. The molecule has 0 unspecified atom stereocenters. The zero-order valence-electron chi connectivity index (χ0n) is 9.96. The molecule has 0 saturated carbocycles. The molecule has 0 heterocycles. The summed E-state index contributed by atoms with van der Waals surface area (Å²) in [5, 5.41) is 7.03. The van der Waals surface area contributed by atoms with E-state index in [9.17, 15) is 0 Å². The van der Waals surface area contributed by atoms with E-state index >= 15 is 0 Å². The van der Waals surface area contributed by atoms with Crippen molar-refractivity contribution < 1.29 is 0 Å². The van der Waals surface area contributed by atoms with Crippen molar-refractivity contribution in [3.05, 3.63) is 58.5 Å². The minimum atomic E-state index is 1.04. The van der Waals surface area contributed by atoms with Crippen LogP contribution >= 0.6 is 0 Å². The summed E-state index contributed by atoms with van der Waals surface area (Å²) in [4.78, 5) is 0. The van der Waals surface area contributed by atoms with Gasteiger partial charge < -0.3 is 0 Å². The summed E-state index contributed by atoms with van der Waals surface area (Å²) in [7, 11) is 0. The first-order chi connectivity index (χ1) is 8.18. The number of fused-ring (bicyclic) bond motifs is 3. The Labute approximate surface area is 101 Å². The van der Waals surface area contributed by atoms with Crippen LogP contribution in [0.3, 0.4) is 0 Å². The topological polar surface area (TPSA) is 0 Å². The molecule has 0 heteroatoms. The monoisotopic (exact) mass is 218 g/mol. The molecule has 3 rings (SSSR count). The largest absolute Gasteiger partial charge is 0.0905 e. The highest BCUT2D eigenvalue weighted by atomic mass is 14.1. The fourth-order valence-electron chi connectivity index (χ4n) is 2.45. The van der Waals surface area contributed by atoms with Gasteiger partial charge in [0.2, 0.25) is 0 Å². The maximum absolute atomic E-state index is 4.18. The summed E-state index contributed by atoms with van der Waals surface area (Å²) in [6, 6.07) is 14.9. The molecule has 0 aromatic heterocycles. The second kappa shape index (κ2) is 3.46. The van der Waals surface area contributed by atoms with E-state index in [0.29, 0.717) is 0 Å². The summed E-state index contributed by atoms with van der Waals surface area (Å²) < 4.78 is 0. The van der Waals surface area contributed by atoms with Crippen LogP contribution in [0.1, 0.15) is 5.56 Å². The maximum Gasteiger partial charge on any atom is -0.00990 e. The summed E-state index contributed by atoms with van der Waals surface area (Å²) >= 11 is 0. The molecular weight excluding hydrogens is 204 g/mol. The Bertz CT molecular complexity index is 826. The molecular formula is C17H14. The van der Waals surface area contributed by atoms with Crippen LogP contribution in [-0.2, 0) is 0 Å². The maximum atomic E-state index is 4.18. The van der Waals surface area contributed by atoms with E-state index in [1.807, 2.05) is 0 Å². The number of hydrogen-bond donors (Lipinski definition) is 0. The van der Waals surface area contributed by atoms with Crippen molar-refractivity contribution in [3.8, 4) is 0 Å². The van der Waals surface area contributed by atoms with Crippen LogP contribution in [0.25, 0.3) is 34.7 Å². The highest BCUT2D eigenvalue weighted by molar-refractivity contribution is 6.07. The smallest absolute Gasteiger partial charge is 0.00990 e. The molecule has 17 heavy (non-hydrogen) atoms. The summed E-state index contributed by atoms with van der Waals surface area (Å²) in [6.07, 6.45) is 0. The third-order valence-corrected chi connectivity index (χ3v) is 3.41. The lowest BCUT2D eigenvalue weighted by atomic mass is 9.97. The van der Waals surface area contributed by atoms with Crippen LogP contribution < -0.4 is 10.4 Å². The average Bonchev–Trinajstić information content (AvgIpc) is 2.36. The Morgan fingerprint density at radius 2 is 1.29 bits per heavy atom. The lowest BCUT2D eigenvalue weighted by Crippen LogP contribution is -2.23. The van der Waals surface area contributed by atoms with Gasteiger partial charge in [0.05, 0.1) is 0 Å². The molecule has 3 aromatic carbocycles. The van der Waals surface area contributed by atoms with Crippen molar-refractivity contribution in [1.29, 1.82) is 0 Å². The van der Waals surface area contributed by atoms with E-state index in [0.717, 1.165) is 10.4 Å².